The highest BCUT2D eigenvalue weighted by Crippen LogP contribution is 2.28. The average molecular weight is 205 g/mol. The molecule has 0 saturated carbocycles. The molecule has 0 aliphatic rings. The summed E-state index contributed by atoms with van der Waals surface area (Å²) in [5, 5.41) is 9.38. The van der Waals surface area contributed by atoms with Crippen molar-refractivity contribution in [3.63, 3.8) is 0 Å². The van der Waals surface area contributed by atoms with E-state index in [4.69, 9.17) is 5.26 Å². The molecule has 2 aromatic rings. The van der Waals surface area contributed by atoms with E-state index in [1.807, 2.05) is 6.07 Å². The second-order valence-electron chi connectivity index (χ2n) is 2.72. The fourth-order valence-electron chi connectivity index (χ4n) is 1.27. The third-order valence-corrected chi connectivity index (χ3v) is 2.99. The Bertz CT molecular complexity index is 553. The zero-order chi connectivity index (χ0) is 10.1. The van der Waals surface area contributed by atoms with Crippen LogP contribution in [0.3, 0.4) is 0 Å². The smallest absolute Gasteiger partial charge is 0.154 e. The van der Waals surface area contributed by atoms with Gasteiger partial charge in [-0.05, 0) is 17.5 Å². The van der Waals surface area contributed by atoms with Crippen LogP contribution >= 0.6 is 11.3 Å². The van der Waals surface area contributed by atoms with E-state index in [0.717, 1.165) is 16.7 Å². The molecule has 0 saturated heterocycles. The number of thiophene rings is 1. The number of hydrogen-bond donors (Lipinski definition) is 0. The average Bonchev–Trinajstić information content (AvgIpc) is 2.60. The van der Waals surface area contributed by atoms with Gasteiger partial charge in [0.15, 0.2) is 6.29 Å². The molecule has 1 aromatic heterocycles. The molecular formula is C10H4FNOS. The van der Waals surface area contributed by atoms with E-state index in [-0.39, 0.29) is 5.56 Å². The van der Waals surface area contributed by atoms with Crippen molar-refractivity contribution in [3.8, 4) is 6.07 Å². The van der Waals surface area contributed by atoms with Crippen LogP contribution in [0.1, 0.15) is 15.2 Å². The van der Waals surface area contributed by atoms with E-state index < -0.39 is 5.82 Å². The maximum Gasteiger partial charge on any atom is 0.154 e. The van der Waals surface area contributed by atoms with Crippen LogP contribution < -0.4 is 0 Å². The van der Waals surface area contributed by atoms with E-state index >= 15 is 0 Å². The highest BCUT2D eigenvalue weighted by atomic mass is 32.1. The molecule has 0 fully saturated rings. The second kappa shape index (κ2) is 3.20. The molecule has 0 bridgehead atoms. The second-order valence-corrected chi connectivity index (χ2v) is 3.77. The number of rotatable bonds is 1. The van der Waals surface area contributed by atoms with Gasteiger partial charge in [0.25, 0.3) is 0 Å². The molecule has 0 unspecified atom stereocenters. The van der Waals surface area contributed by atoms with E-state index in [9.17, 15) is 9.18 Å². The summed E-state index contributed by atoms with van der Waals surface area (Å²) in [5.74, 6) is -0.543. The van der Waals surface area contributed by atoms with Crippen LogP contribution in [-0.4, -0.2) is 6.29 Å². The number of carbonyl (C=O) groups excluding carboxylic acids is 1. The summed E-state index contributed by atoms with van der Waals surface area (Å²) in [5.41, 5.74) is 0.0361. The lowest BCUT2D eigenvalue weighted by Crippen LogP contribution is -1.85. The number of benzene rings is 1. The predicted octanol–water partition coefficient (Wildman–Crippen LogP) is 2.72. The minimum atomic E-state index is -0.543. The van der Waals surface area contributed by atoms with Gasteiger partial charge in [-0.2, -0.15) is 5.26 Å². The van der Waals surface area contributed by atoms with Crippen molar-refractivity contribution in [1.29, 1.82) is 5.26 Å². The van der Waals surface area contributed by atoms with Crippen molar-refractivity contribution < 1.29 is 9.18 Å². The summed E-state index contributed by atoms with van der Waals surface area (Å²) in [7, 11) is 0. The zero-order valence-electron chi connectivity index (χ0n) is 6.95. The molecule has 0 spiro atoms. The molecule has 2 rings (SSSR count). The number of carbonyl (C=O) groups is 1. The number of halogens is 1. The van der Waals surface area contributed by atoms with Gasteiger partial charge in [-0.25, -0.2) is 4.39 Å². The molecule has 68 valence electrons. The van der Waals surface area contributed by atoms with E-state index in [2.05, 4.69) is 0 Å². The highest BCUT2D eigenvalue weighted by Gasteiger charge is 2.09. The summed E-state index contributed by atoms with van der Waals surface area (Å²) < 4.78 is 13.7. The summed E-state index contributed by atoms with van der Waals surface area (Å²) in [6, 6.07) is 6.41. The Morgan fingerprint density at radius 2 is 2.29 bits per heavy atom. The van der Waals surface area contributed by atoms with Crippen LogP contribution in [0.2, 0.25) is 0 Å². The maximum atomic E-state index is 13.1. The van der Waals surface area contributed by atoms with Gasteiger partial charge in [0.05, 0.1) is 5.56 Å². The Morgan fingerprint density at radius 3 is 2.93 bits per heavy atom. The Morgan fingerprint density at radius 1 is 1.50 bits per heavy atom. The Balaban J connectivity index is 2.87. The van der Waals surface area contributed by atoms with Crippen LogP contribution in [0.5, 0.6) is 0 Å². The lowest BCUT2D eigenvalue weighted by atomic mass is 10.1. The largest absolute Gasteiger partial charge is 0.298 e. The Hall–Kier alpha value is -1.73. The monoisotopic (exact) mass is 205 g/mol. The first-order valence-corrected chi connectivity index (χ1v) is 4.65. The first kappa shape index (κ1) is 8.85. The van der Waals surface area contributed by atoms with Crippen LogP contribution in [-0.2, 0) is 0 Å². The van der Waals surface area contributed by atoms with Crippen molar-refractivity contribution in [2.75, 3.05) is 0 Å². The first-order chi connectivity index (χ1) is 6.76. The van der Waals surface area contributed by atoms with Crippen LogP contribution in [0.15, 0.2) is 18.2 Å². The van der Waals surface area contributed by atoms with Crippen LogP contribution in [0, 0.1) is 17.1 Å². The number of nitriles is 1. The third kappa shape index (κ3) is 1.19. The fourth-order valence-corrected chi connectivity index (χ4v) is 2.22. The molecule has 0 amide bonds. The number of nitrogens with zero attached hydrogens (tertiary/aromatic N) is 1. The SMILES string of the molecule is N#Cc1cc2ccc(F)c(C=O)c2s1. The van der Waals surface area contributed by atoms with E-state index in [0.29, 0.717) is 15.9 Å². The van der Waals surface area contributed by atoms with Crippen LogP contribution in [0.25, 0.3) is 10.1 Å². The molecule has 0 radical (unpaired) electrons. The molecule has 1 aromatic carbocycles. The summed E-state index contributed by atoms with van der Waals surface area (Å²) in [6.45, 7) is 0. The summed E-state index contributed by atoms with van der Waals surface area (Å²) >= 11 is 1.13. The summed E-state index contributed by atoms with van der Waals surface area (Å²) in [4.78, 5) is 11.1. The lowest BCUT2D eigenvalue weighted by molar-refractivity contribution is 0.112. The number of aldehydes is 1. The molecular weight excluding hydrogens is 201 g/mol. The first-order valence-electron chi connectivity index (χ1n) is 3.83. The standard InChI is InChI=1S/C10H4FNOS/c11-9-2-1-6-3-7(4-12)14-10(6)8(9)5-13/h1-3,5H. The van der Waals surface area contributed by atoms with Crippen molar-refractivity contribution in [2.45, 2.75) is 0 Å². The van der Waals surface area contributed by atoms with Crippen molar-refractivity contribution >= 4 is 27.7 Å². The minimum absolute atomic E-state index is 0.0361. The maximum absolute atomic E-state index is 13.1. The molecule has 2 nitrogen and oxygen atoms in total. The topological polar surface area (TPSA) is 40.9 Å². The normalized spacial score (nSPS) is 10.0. The van der Waals surface area contributed by atoms with E-state index in [1.165, 1.54) is 6.07 Å². The van der Waals surface area contributed by atoms with Gasteiger partial charge in [-0.1, -0.05) is 6.07 Å². The zero-order valence-corrected chi connectivity index (χ0v) is 7.77. The highest BCUT2D eigenvalue weighted by molar-refractivity contribution is 7.19. The van der Waals surface area contributed by atoms with Gasteiger partial charge in [-0.15, -0.1) is 11.3 Å². The van der Waals surface area contributed by atoms with Gasteiger partial charge in [0, 0.05) is 4.70 Å². The predicted molar refractivity (Wildman–Crippen MR) is 51.9 cm³/mol. The number of hydrogen-bond acceptors (Lipinski definition) is 3. The molecule has 0 atom stereocenters. The molecule has 0 aliphatic heterocycles. The molecule has 4 heteroatoms. The molecule has 1 heterocycles. The van der Waals surface area contributed by atoms with E-state index in [1.54, 1.807) is 12.1 Å². The Kier molecular flexibility index (Phi) is 2.02. The molecule has 0 N–H and O–H groups in total. The van der Waals surface area contributed by atoms with Crippen LogP contribution in [0.4, 0.5) is 4.39 Å². The minimum Gasteiger partial charge on any atom is -0.298 e. The van der Waals surface area contributed by atoms with Gasteiger partial charge < -0.3 is 0 Å². The Labute approximate surface area is 83.2 Å². The van der Waals surface area contributed by atoms with Crippen molar-refractivity contribution in [1.82, 2.24) is 0 Å². The van der Waals surface area contributed by atoms with Gasteiger partial charge >= 0.3 is 0 Å². The van der Waals surface area contributed by atoms with Crippen molar-refractivity contribution in [2.24, 2.45) is 0 Å². The van der Waals surface area contributed by atoms with Crippen molar-refractivity contribution in [3.05, 3.63) is 34.5 Å². The fraction of sp³-hybridized carbons (Fsp3) is 0. The molecule has 0 aliphatic carbocycles. The molecule has 14 heavy (non-hydrogen) atoms. The van der Waals surface area contributed by atoms with Gasteiger partial charge in [0.2, 0.25) is 0 Å². The van der Waals surface area contributed by atoms with Gasteiger partial charge in [-0.3, -0.25) is 4.79 Å². The third-order valence-electron chi connectivity index (χ3n) is 1.90. The summed E-state index contributed by atoms with van der Waals surface area (Å²) in [6.07, 6.45) is 0.481. The number of fused-ring (bicyclic) bond motifs is 1. The lowest BCUT2D eigenvalue weighted by Gasteiger charge is -1.94. The quantitative estimate of drug-likeness (QED) is 0.671. The van der Waals surface area contributed by atoms with Gasteiger partial charge in [0.1, 0.15) is 16.8 Å².